The van der Waals surface area contributed by atoms with Crippen LogP contribution in [0.3, 0.4) is 0 Å². The molecule has 1 aromatic rings. The predicted molar refractivity (Wildman–Crippen MR) is 100 cm³/mol. The van der Waals surface area contributed by atoms with Crippen LogP contribution in [0.2, 0.25) is 0 Å². The second-order valence-corrected chi connectivity index (χ2v) is 8.44. The van der Waals surface area contributed by atoms with E-state index in [9.17, 15) is 19.2 Å². The highest BCUT2D eigenvalue weighted by atomic mass is 16.5. The first kappa shape index (κ1) is 18.8. The second kappa shape index (κ2) is 6.83. The highest BCUT2D eigenvalue weighted by molar-refractivity contribution is 6.08. The Labute approximate surface area is 164 Å². The first-order chi connectivity index (χ1) is 13.3. The van der Waals surface area contributed by atoms with E-state index in [0.29, 0.717) is 5.56 Å². The number of rotatable bonds is 5. The van der Waals surface area contributed by atoms with Crippen molar-refractivity contribution in [3.8, 4) is 0 Å². The van der Waals surface area contributed by atoms with Crippen LogP contribution in [-0.4, -0.2) is 41.1 Å². The van der Waals surface area contributed by atoms with Gasteiger partial charge in [0.1, 0.15) is 6.04 Å². The van der Waals surface area contributed by atoms with Crippen LogP contribution in [0.15, 0.2) is 18.2 Å². The molecule has 3 aliphatic rings. The maximum absolute atomic E-state index is 12.8. The average Bonchev–Trinajstić information content (AvgIpc) is 3.35. The van der Waals surface area contributed by atoms with E-state index in [1.165, 1.54) is 6.92 Å². The molecule has 0 aromatic heterocycles. The molecule has 2 saturated carbocycles. The standard InChI is InChI=1S/C22H25NO5/c1-11-4-5-14(8-12(11)2)17(24)10-28-22(27)13(3)23-20(25)18-15-6-7-16(9-15)19(18)21(23)26/h4-5,8,13,15-16,18-19H,6-7,9-10H2,1-3H3/t13-,15+,16+,18+,19+/m1/s1. The zero-order valence-electron chi connectivity index (χ0n) is 16.4. The minimum atomic E-state index is -1.00. The van der Waals surface area contributed by atoms with Crippen molar-refractivity contribution < 1.29 is 23.9 Å². The van der Waals surface area contributed by atoms with Crippen molar-refractivity contribution in [1.29, 1.82) is 0 Å². The molecule has 0 N–H and O–H groups in total. The van der Waals surface area contributed by atoms with Crippen LogP contribution in [-0.2, 0) is 19.1 Å². The molecular formula is C22H25NO5. The summed E-state index contributed by atoms with van der Waals surface area (Å²) in [5.74, 6) is -1.50. The molecule has 3 fully saturated rings. The molecule has 148 valence electrons. The smallest absolute Gasteiger partial charge is 0.329 e. The highest BCUT2D eigenvalue weighted by Gasteiger charge is 2.62. The van der Waals surface area contributed by atoms with E-state index in [1.807, 2.05) is 19.9 Å². The quantitative estimate of drug-likeness (QED) is 0.443. The van der Waals surface area contributed by atoms with Crippen molar-refractivity contribution in [1.82, 2.24) is 4.90 Å². The number of amides is 2. The number of esters is 1. The highest BCUT2D eigenvalue weighted by Crippen LogP contribution is 2.56. The van der Waals surface area contributed by atoms with Crippen molar-refractivity contribution in [2.75, 3.05) is 6.61 Å². The summed E-state index contributed by atoms with van der Waals surface area (Å²) in [5, 5.41) is 0. The number of carbonyl (C=O) groups is 4. The minimum Gasteiger partial charge on any atom is -0.456 e. The summed E-state index contributed by atoms with van der Waals surface area (Å²) in [6, 6.07) is 4.31. The number of hydrogen-bond donors (Lipinski definition) is 0. The van der Waals surface area contributed by atoms with E-state index in [2.05, 4.69) is 0 Å². The number of aryl methyl sites for hydroxylation is 2. The third-order valence-electron chi connectivity index (χ3n) is 6.86. The number of ether oxygens (including phenoxy) is 1. The number of Topliss-reactive ketones (excluding diaryl/α,β-unsaturated/α-hetero) is 1. The summed E-state index contributed by atoms with van der Waals surface area (Å²) in [4.78, 5) is 51.4. The van der Waals surface area contributed by atoms with Crippen LogP contribution in [0.5, 0.6) is 0 Å². The molecule has 5 atom stereocenters. The average molecular weight is 383 g/mol. The number of fused-ring (bicyclic) bond motifs is 5. The summed E-state index contributed by atoms with van der Waals surface area (Å²) in [6.45, 7) is 4.97. The molecule has 1 saturated heterocycles. The zero-order valence-corrected chi connectivity index (χ0v) is 16.4. The normalized spacial score (nSPS) is 29.2. The van der Waals surface area contributed by atoms with Crippen LogP contribution in [0.4, 0.5) is 0 Å². The Hall–Kier alpha value is -2.50. The summed E-state index contributed by atoms with van der Waals surface area (Å²) in [5.41, 5.74) is 2.54. The van der Waals surface area contributed by atoms with Gasteiger partial charge in [0, 0.05) is 5.56 Å². The van der Waals surface area contributed by atoms with E-state index in [4.69, 9.17) is 4.74 Å². The minimum absolute atomic E-state index is 0.243. The largest absolute Gasteiger partial charge is 0.456 e. The van der Waals surface area contributed by atoms with Gasteiger partial charge in [-0.25, -0.2) is 4.79 Å². The van der Waals surface area contributed by atoms with Gasteiger partial charge in [0.15, 0.2) is 12.4 Å². The number of likely N-dealkylation sites (tertiary alicyclic amines) is 1. The van der Waals surface area contributed by atoms with Crippen LogP contribution >= 0.6 is 0 Å². The Kier molecular flexibility index (Phi) is 4.60. The van der Waals surface area contributed by atoms with Crippen LogP contribution in [0, 0.1) is 37.5 Å². The molecule has 2 amide bonds. The molecule has 1 aromatic carbocycles. The van der Waals surface area contributed by atoms with E-state index in [1.54, 1.807) is 12.1 Å². The SMILES string of the molecule is Cc1ccc(C(=O)COC(=O)[C@@H](C)N2C(=O)[C@H]3[C@H]4CC[C@@H](C4)[C@@H]3C2=O)cc1C. The van der Waals surface area contributed by atoms with Gasteiger partial charge in [-0.05, 0) is 69.1 Å². The first-order valence-electron chi connectivity index (χ1n) is 9.93. The fraction of sp³-hybridized carbons (Fsp3) is 0.545. The lowest BCUT2D eigenvalue weighted by Gasteiger charge is -2.23. The number of ketones is 1. The Morgan fingerprint density at radius 3 is 2.25 bits per heavy atom. The number of carbonyl (C=O) groups excluding carboxylic acids is 4. The van der Waals surface area contributed by atoms with E-state index < -0.39 is 18.6 Å². The molecule has 1 aliphatic heterocycles. The van der Waals surface area contributed by atoms with Gasteiger partial charge in [0.2, 0.25) is 11.8 Å². The Bertz CT molecular complexity index is 848. The monoisotopic (exact) mass is 383 g/mol. The molecule has 2 bridgehead atoms. The lowest BCUT2D eigenvalue weighted by Crippen LogP contribution is -2.45. The van der Waals surface area contributed by atoms with Gasteiger partial charge in [0.05, 0.1) is 11.8 Å². The number of nitrogens with zero attached hydrogens (tertiary/aromatic N) is 1. The maximum Gasteiger partial charge on any atom is 0.329 e. The summed E-state index contributed by atoms with van der Waals surface area (Å²) < 4.78 is 5.16. The van der Waals surface area contributed by atoms with E-state index in [-0.39, 0.29) is 41.3 Å². The molecule has 4 rings (SSSR count). The maximum atomic E-state index is 12.8. The van der Waals surface area contributed by atoms with Crippen molar-refractivity contribution in [2.45, 2.75) is 46.1 Å². The fourth-order valence-electron chi connectivity index (χ4n) is 5.17. The van der Waals surface area contributed by atoms with Crippen molar-refractivity contribution in [2.24, 2.45) is 23.7 Å². The third kappa shape index (κ3) is 2.86. The molecule has 0 spiro atoms. The lowest BCUT2D eigenvalue weighted by molar-refractivity contribution is -0.157. The topological polar surface area (TPSA) is 80.8 Å². The molecule has 0 unspecified atom stereocenters. The van der Waals surface area contributed by atoms with Crippen LogP contribution < -0.4 is 0 Å². The number of hydrogen-bond acceptors (Lipinski definition) is 5. The number of benzene rings is 1. The van der Waals surface area contributed by atoms with Crippen LogP contribution in [0.25, 0.3) is 0 Å². The summed E-state index contributed by atoms with van der Waals surface area (Å²) in [6.07, 6.45) is 2.92. The van der Waals surface area contributed by atoms with E-state index >= 15 is 0 Å². The third-order valence-corrected chi connectivity index (χ3v) is 6.86. The van der Waals surface area contributed by atoms with Crippen LogP contribution in [0.1, 0.15) is 47.7 Å². The van der Waals surface area contributed by atoms with E-state index in [0.717, 1.165) is 35.3 Å². The molecule has 6 heteroatoms. The van der Waals surface area contributed by atoms with Gasteiger partial charge in [-0.1, -0.05) is 12.1 Å². The first-order valence-corrected chi connectivity index (χ1v) is 9.93. The molecule has 1 heterocycles. The van der Waals surface area contributed by atoms with Gasteiger partial charge >= 0.3 is 5.97 Å². The Morgan fingerprint density at radius 2 is 1.68 bits per heavy atom. The Morgan fingerprint density at radius 1 is 1.07 bits per heavy atom. The fourth-order valence-corrected chi connectivity index (χ4v) is 5.17. The molecule has 0 radical (unpaired) electrons. The summed E-state index contributed by atoms with van der Waals surface area (Å²) >= 11 is 0. The second-order valence-electron chi connectivity index (χ2n) is 8.44. The molecule has 2 aliphatic carbocycles. The lowest BCUT2D eigenvalue weighted by atomic mass is 9.81. The van der Waals surface area contributed by atoms with Gasteiger partial charge in [0.25, 0.3) is 0 Å². The van der Waals surface area contributed by atoms with Crippen molar-refractivity contribution in [3.05, 3.63) is 34.9 Å². The number of imide groups is 1. The van der Waals surface area contributed by atoms with Gasteiger partial charge < -0.3 is 4.74 Å². The van der Waals surface area contributed by atoms with Gasteiger partial charge in [-0.3, -0.25) is 19.3 Å². The molecular weight excluding hydrogens is 358 g/mol. The van der Waals surface area contributed by atoms with Crippen molar-refractivity contribution >= 4 is 23.6 Å². The summed E-state index contributed by atoms with van der Waals surface area (Å²) in [7, 11) is 0. The van der Waals surface area contributed by atoms with Gasteiger partial charge in [-0.15, -0.1) is 0 Å². The van der Waals surface area contributed by atoms with Crippen molar-refractivity contribution in [3.63, 3.8) is 0 Å². The predicted octanol–water partition coefficient (Wildman–Crippen LogP) is 2.45. The molecule has 6 nitrogen and oxygen atoms in total. The Balaban J connectivity index is 1.40. The van der Waals surface area contributed by atoms with Gasteiger partial charge in [-0.2, -0.15) is 0 Å². The zero-order chi connectivity index (χ0) is 20.2. The molecule has 28 heavy (non-hydrogen) atoms.